The summed E-state index contributed by atoms with van der Waals surface area (Å²) in [6, 6.07) is 5.21. The van der Waals surface area contributed by atoms with Gasteiger partial charge in [0.1, 0.15) is 6.04 Å². The van der Waals surface area contributed by atoms with Gasteiger partial charge >= 0.3 is 0 Å². The van der Waals surface area contributed by atoms with Crippen LogP contribution < -0.4 is 15.8 Å². The Labute approximate surface area is 159 Å². The molecule has 1 amide bonds. The van der Waals surface area contributed by atoms with Gasteiger partial charge in [-0.05, 0) is 38.3 Å². The van der Waals surface area contributed by atoms with E-state index in [2.05, 4.69) is 10.0 Å². The van der Waals surface area contributed by atoms with Crippen LogP contribution in [0.2, 0.25) is 0 Å². The molecule has 0 saturated carbocycles. The fourth-order valence-corrected chi connectivity index (χ4v) is 3.98. The van der Waals surface area contributed by atoms with Gasteiger partial charge in [-0.15, -0.1) is 0 Å². The Morgan fingerprint density at radius 3 is 2.33 bits per heavy atom. The number of amidine groups is 2. The lowest BCUT2D eigenvalue weighted by Gasteiger charge is -2.31. The number of nitrogens with one attached hydrogen (secondary N) is 4. The number of amides is 1. The Bertz CT molecular complexity index is 800. The zero-order valence-electron chi connectivity index (χ0n) is 15.3. The fourth-order valence-electron chi connectivity index (χ4n) is 2.79. The topological polar surface area (TPSA) is 152 Å². The first-order chi connectivity index (χ1) is 12.7. The number of likely N-dealkylation sites (tertiary alicyclic amines) is 1. The van der Waals surface area contributed by atoms with Crippen molar-refractivity contribution in [2.24, 2.45) is 5.73 Å². The minimum absolute atomic E-state index is 0.0613. The maximum absolute atomic E-state index is 12.8. The van der Waals surface area contributed by atoms with E-state index in [9.17, 15) is 13.2 Å². The number of rotatable bonds is 6. The normalized spacial score (nSPS) is 15.8. The number of piperidine rings is 1. The lowest BCUT2D eigenvalue weighted by Crippen LogP contribution is -2.55. The molecule has 1 aromatic carbocycles. The lowest BCUT2D eigenvalue weighted by atomic mass is 10.1. The van der Waals surface area contributed by atoms with Crippen LogP contribution in [0.1, 0.15) is 24.8 Å². The fraction of sp³-hybridized carbons (Fsp3) is 0.471. The van der Waals surface area contributed by atoms with Gasteiger partial charge in [-0.2, -0.15) is 4.72 Å². The summed E-state index contributed by atoms with van der Waals surface area (Å²) in [4.78, 5) is 14.5. The highest BCUT2D eigenvalue weighted by Gasteiger charge is 2.30. The van der Waals surface area contributed by atoms with E-state index in [1.807, 2.05) is 6.92 Å². The van der Waals surface area contributed by atoms with Gasteiger partial charge in [0.15, 0.2) is 11.7 Å². The summed E-state index contributed by atoms with van der Waals surface area (Å²) in [7, 11) is -3.92. The maximum atomic E-state index is 12.8. The average Bonchev–Trinajstić information content (AvgIpc) is 2.65. The smallest absolute Gasteiger partial charge is 0.242 e. The van der Waals surface area contributed by atoms with Gasteiger partial charge in [-0.1, -0.05) is 17.7 Å². The summed E-state index contributed by atoms with van der Waals surface area (Å²) in [6.45, 7) is 2.83. The van der Waals surface area contributed by atoms with Crippen molar-refractivity contribution in [3.63, 3.8) is 0 Å². The summed E-state index contributed by atoms with van der Waals surface area (Å²) < 4.78 is 27.8. The lowest BCUT2D eigenvalue weighted by molar-refractivity contribution is -0.133. The van der Waals surface area contributed by atoms with Crippen molar-refractivity contribution in [3.05, 3.63) is 29.8 Å². The summed E-state index contributed by atoms with van der Waals surface area (Å²) in [6.07, 6.45) is 2.79. The zero-order chi connectivity index (χ0) is 20.0. The van der Waals surface area contributed by atoms with Crippen molar-refractivity contribution in [3.8, 4) is 0 Å². The molecule has 27 heavy (non-hydrogen) atoms. The van der Waals surface area contributed by atoms with Crippen LogP contribution in [0.4, 0.5) is 0 Å². The quantitative estimate of drug-likeness (QED) is 0.344. The summed E-state index contributed by atoms with van der Waals surface area (Å²) in [5.41, 5.74) is 6.16. The molecule has 0 bridgehead atoms. The Balaban J connectivity index is 2.19. The van der Waals surface area contributed by atoms with Crippen LogP contribution in [0.15, 0.2) is 29.2 Å². The van der Waals surface area contributed by atoms with Crippen molar-refractivity contribution < 1.29 is 13.2 Å². The number of nitrogens with two attached hydrogens (primary N) is 1. The Kier molecular flexibility index (Phi) is 6.92. The maximum Gasteiger partial charge on any atom is 0.242 e. The van der Waals surface area contributed by atoms with E-state index in [4.69, 9.17) is 16.6 Å². The van der Waals surface area contributed by atoms with Gasteiger partial charge in [-0.25, -0.2) is 8.42 Å². The molecule has 9 nitrogen and oxygen atoms in total. The molecule has 0 aromatic heterocycles. The van der Waals surface area contributed by atoms with E-state index in [1.54, 1.807) is 17.0 Å². The monoisotopic (exact) mass is 394 g/mol. The molecule has 10 heteroatoms. The SMILES string of the molecule is Cc1ccc(S(=O)(=O)NC(CNC(=N)C(=N)N)C(=O)N2CCCCC2)cc1. The van der Waals surface area contributed by atoms with Crippen molar-refractivity contribution in [2.75, 3.05) is 19.6 Å². The van der Waals surface area contributed by atoms with Gasteiger partial charge in [0.25, 0.3) is 0 Å². The Hall–Kier alpha value is -2.46. The minimum Gasteiger partial charge on any atom is -0.381 e. The van der Waals surface area contributed by atoms with Crippen LogP contribution in [-0.2, 0) is 14.8 Å². The van der Waals surface area contributed by atoms with Gasteiger partial charge in [0, 0.05) is 19.6 Å². The third-order valence-corrected chi connectivity index (χ3v) is 5.83. The molecule has 2 rings (SSSR count). The van der Waals surface area contributed by atoms with Gasteiger partial charge in [0.05, 0.1) is 4.90 Å². The van der Waals surface area contributed by atoms with Gasteiger partial charge in [-0.3, -0.25) is 15.6 Å². The van der Waals surface area contributed by atoms with E-state index in [0.29, 0.717) is 13.1 Å². The molecule has 1 aliphatic rings. The number of aryl methyl sites for hydroxylation is 1. The highest BCUT2D eigenvalue weighted by atomic mass is 32.2. The number of carbonyl (C=O) groups is 1. The molecule has 1 atom stereocenters. The number of benzene rings is 1. The third kappa shape index (κ3) is 5.76. The predicted molar refractivity (Wildman–Crippen MR) is 103 cm³/mol. The van der Waals surface area contributed by atoms with Gasteiger partial charge < -0.3 is 16.0 Å². The van der Waals surface area contributed by atoms with E-state index in [1.165, 1.54) is 12.1 Å². The van der Waals surface area contributed by atoms with E-state index < -0.39 is 21.9 Å². The first-order valence-electron chi connectivity index (χ1n) is 8.75. The Morgan fingerprint density at radius 2 is 1.78 bits per heavy atom. The molecule has 0 spiro atoms. The molecule has 1 fully saturated rings. The molecule has 1 heterocycles. The molecule has 0 aliphatic carbocycles. The standard InChI is InChI=1S/C17H26N6O3S/c1-12-5-7-13(8-6-12)27(25,26)22-14(11-21-16(20)15(18)19)17(24)23-9-3-2-4-10-23/h5-8,14,22H,2-4,9-11H2,1H3,(H3,18,19)(H2,20,21). The van der Waals surface area contributed by atoms with Crippen LogP contribution in [0.25, 0.3) is 0 Å². The van der Waals surface area contributed by atoms with Crippen molar-refractivity contribution in [1.82, 2.24) is 14.9 Å². The van der Waals surface area contributed by atoms with Crippen molar-refractivity contribution in [2.45, 2.75) is 37.1 Å². The molecular formula is C17H26N6O3S. The Morgan fingerprint density at radius 1 is 1.19 bits per heavy atom. The number of sulfonamides is 1. The minimum atomic E-state index is -3.92. The zero-order valence-corrected chi connectivity index (χ0v) is 16.1. The molecule has 148 valence electrons. The second-order valence-electron chi connectivity index (χ2n) is 6.54. The molecule has 1 aliphatic heterocycles. The molecule has 0 radical (unpaired) electrons. The van der Waals surface area contributed by atoms with Crippen LogP contribution in [0.3, 0.4) is 0 Å². The van der Waals surface area contributed by atoms with Crippen molar-refractivity contribution >= 4 is 27.6 Å². The summed E-state index contributed by atoms with van der Waals surface area (Å²) in [5.74, 6) is -1.20. The van der Waals surface area contributed by atoms with Gasteiger partial charge in [0.2, 0.25) is 15.9 Å². The van der Waals surface area contributed by atoms with Crippen molar-refractivity contribution in [1.29, 1.82) is 10.8 Å². The highest BCUT2D eigenvalue weighted by molar-refractivity contribution is 7.89. The van der Waals surface area contributed by atoms with Crippen LogP contribution in [0.5, 0.6) is 0 Å². The van der Waals surface area contributed by atoms with E-state index in [0.717, 1.165) is 24.8 Å². The predicted octanol–water partition coefficient (Wildman–Crippen LogP) is 0.157. The molecular weight excluding hydrogens is 368 g/mol. The summed E-state index contributed by atoms with van der Waals surface area (Å²) in [5, 5.41) is 17.4. The number of hydrogen-bond acceptors (Lipinski definition) is 5. The van der Waals surface area contributed by atoms with E-state index >= 15 is 0 Å². The third-order valence-electron chi connectivity index (χ3n) is 4.35. The molecule has 1 aromatic rings. The summed E-state index contributed by atoms with van der Waals surface area (Å²) >= 11 is 0. The largest absolute Gasteiger partial charge is 0.381 e. The first kappa shape index (κ1) is 20.8. The second kappa shape index (κ2) is 8.96. The molecule has 1 saturated heterocycles. The average molecular weight is 395 g/mol. The van der Waals surface area contributed by atoms with Crippen LogP contribution >= 0.6 is 0 Å². The number of hydrogen-bond donors (Lipinski definition) is 5. The number of nitrogens with zero attached hydrogens (tertiary/aromatic N) is 1. The van der Waals surface area contributed by atoms with Crippen LogP contribution in [-0.4, -0.2) is 56.6 Å². The first-order valence-corrected chi connectivity index (χ1v) is 10.2. The molecule has 1 unspecified atom stereocenters. The van der Waals surface area contributed by atoms with E-state index in [-0.39, 0.29) is 23.2 Å². The van der Waals surface area contributed by atoms with Crippen LogP contribution in [0, 0.1) is 17.7 Å². The highest BCUT2D eigenvalue weighted by Crippen LogP contribution is 2.13. The molecule has 6 N–H and O–H groups in total. The number of carbonyl (C=O) groups excluding carboxylic acids is 1. The second-order valence-corrected chi connectivity index (χ2v) is 8.26.